The summed E-state index contributed by atoms with van der Waals surface area (Å²) >= 11 is 1.82. The zero-order chi connectivity index (χ0) is 10.0. The molecule has 0 saturated heterocycles. The Bertz CT molecular complexity index is 348. The number of aromatic hydroxyl groups is 1. The number of aromatic carboxylic acids is 1. The van der Waals surface area contributed by atoms with Crippen LogP contribution in [-0.4, -0.2) is 23.3 Å². The van der Waals surface area contributed by atoms with Gasteiger partial charge in [-0.25, -0.2) is 4.79 Å². The Labute approximate surface area is 88.3 Å². The summed E-state index contributed by atoms with van der Waals surface area (Å²) in [6.07, 6.45) is 0. The number of carboxylic acids is 1. The van der Waals surface area contributed by atoms with Gasteiger partial charge in [-0.05, 0) is 34.7 Å². The van der Waals surface area contributed by atoms with Crippen molar-refractivity contribution in [2.24, 2.45) is 0 Å². The van der Waals surface area contributed by atoms with E-state index in [9.17, 15) is 9.90 Å². The van der Waals surface area contributed by atoms with Gasteiger partial charge >= 0.3 is 5.97 Å². The predicted molar refractivity (Wildman–Crippen MR) is 54.3 cm³/mol. The third kappa shape index (κ3) is 1.85. The molecule has 1 rings (SSSR count). The molecule has 0 aliphatic carbocycles. The van der Waals surface area contributed by atoms with E-state index in [-0.39, 0.29) is 17.1 Å². The molecule has 0 saturated carbocycles. The summed E-state index contributed by atoms with van der Waals surface area (Å²) < 4.78 is 5.24. The smallest absolute Gasteiger partial charge is 0.336 e. The third-order valence-corrected chi connectivity index (χ3v) is 2.58. The monoisotopic (exact) mass is 294 g/mol. The molecule has 1 aromatic rings. The quantitative estimate of drug-likeness (QED) is 0.815. The van der Waals surface area contributed by atoms with Crippen molar-refractivity contribution in [3.63, 3.8) is 0 Å². The van der Waals surface area contributed by atoms with Gasteiger partial charge < -0.3 is 14.9 Å². The van der Waals surface area contributed by atoms with E-state index in [0.29, 0.717) is 3.57 Å². The molecule has 0 aromatic heterocycles. The van der Waals surface area contributed by atoms with E-state index in [1.807, 2.05) is 22.6 Å². The molecule has 1 aromatic carbocycles. The number of carboxylic acid groups (broad SMARTS) is 1. The lowest BCUT2D eigenvalue weighted by Gasteiger charge is -2.07. The fourth-order valence-electron chi connectivity index (χ4n) is 0.905. The molecule has 0 radical (unpaired) electrons. The van der Waals surface area contributed by atoms with Crippen LogP contribution in [0.1, 0.15) is 10.4 Å². The summed E-state index contributed by atoms with van der Waals surface area (Å²) in [5.41, 5.74) is 0.121. The number of halogens is 1. The molecule has 4 nitrogen and oxygen atoms in total. The Hall–Kier alpha value is -0.980. The van der Waals surface area contributed by atoms with Gasteiger partial charge in [-0.3, -0.25) is 0 Å². The maximum absolute atomic E-state index is 10.7. The Morgan fingerprint density at radius 3 is 2.62 bits per heavy atom. The molecular weight excluding hydrogens is 287 g/mol. The number of benzene rings is 1. The van der Waals surface area contributed by atoms with E-state index in [4.69, 9.17) is 9.84 Å². The van der Waals surface area contributed by atoms with Crippen molar-refractivity contribution < 1.29 is 19.7 Å². The largest absolute Gasteiger partial charge is 0.504 e. The first-order valence-corrected chi connectivity index (χ1v) is 4.44. The molecule has 0 fully saturated rings. The van der Waals surface area contributed by atoms with Crippen LogP contribution in [-0.2, 0) is 0 Å². The number of phenolic OH excluding ortho intramolecular Hbond substituents is 1. The van der Waals surface area contributed by atoms with Crippen molar-refractivity contribution in [3.8, 4) is 11.5 Å². The van der Waals surface area contributed by atoms with E-state index in [2.05, 4.69) is 0 Å². The molecule has 0 heterocycles. The van der Waals surface area contributed by atoms with Crippen LogP contribution in [0.25, 0.3) is 0 Å². The van der Waals surface area contributed by atoms with Crippen molar-refractivity contribution in [1.82, 2.24) is 0 Å². The van der Waals surface area contributed by atoms with Crippen LogP contribution in [0.2, 0.25) is 0 Å². The van der Waals surface area contributed by atoms with E-state index in [1.54, 1.807) is 0 Å². The Kier molecular flexibility index (Phi) is 2.97. The van der Waals surface area contributed by atoms with Crippen LogP contribution in [0, 0.1) is 3.57 Å². The number of rotatable bonds is 2. The maximum atomic E-state index is 10.7. The Morgan fingerprint density at radius 1 is 1.54 bits per heavy atom. The van der Waals surface area contributed by atoms with E-state index < -0.39 is 5.97 Å². The van der Waals surface area contributed by atoms with Gasteiger partial charge in [0.25, 0.3) is 0 Å². The Morgan fingerprint density at radius 2 is 2.15 bits per heavy atom. The van der Waals surface area contributed by atoms with Gasteiger partial charge in [-0.15, -0.1) is 0 Å². The van der Waals surface area contributed by atoms with Gasteiger partial charge in [-0.1, -0.05) is 0 Å². The molecule has 0 spiro atoms. The summed E-state index contributed by atoms with van der Waals surface area (Å²) in [7, 11) is 1.38. The third-order valence-electron chi connectivity index (χ3n) is 1.51. The minimum Gasteiger partial charge on any atom is -0.504 e. The number of methoxy groups -OCH3 is 1. The fourth-order valence-corrected chi connectivity index (χ4v) is 1.81. The van der Waals surface area contributed by atoms with Crippen molar-refractivity contribution in [1.29, 1.82) is 0 Å². The fraction of sp³-hybridized carbons (Fsp3) is 0.125. The minimum absolute atomic E-state index is 0.0584. The van der Waals surface area contributed by atoms with Crippen molar-refractivity contribution in [2.45, 2.75) is 0 Å². The lowest BCUT2D eigenvalue weighted by atomic mass is 10.2. The van der Waals surface area contributed by atoms with Crippen molar-refractivity contribution in [2.75, 3.05) is 7.11 Å². The van der Waals surface area contributed by atoms with Crippen LogP contribution in [0.3, 0.4) is 0 Å². The maximum Gasteiger partial charge on any atom is 0.336 e. The molecular formula is C8H7IO4. The predicted octanol–water partition coefficient (Wildman–Crippen LogP) is 1.70. The normalized spacial score (nSPS) is 9.69. The van der Waals surface area contributed by atoms with Crippen LogP contribution >= 0.6 is 22.6 Å². The van der Waals surface area contributed by atoms with Gasteiger partial charge in [0.05, 0.1) is 16.2 Å². The Balaban J connectivity index is 3.35. The molecule has 70 valence electrons. The van der Waals surface area contributed by atoms with E-state index in [1.165, 1.54) is 19.2 Å². The number of hydrogen-bond acceptors (Lipinski definition) is 3. The van der Waals surface area contributed by atoms with Crippen molar-refractivity contribution >= 4 is 28.6 Å². The molecule has 2 N–H and O–H groups in total. The summed E-state index contributed by atoms with van der Waals surface area (Å²) in [5, 5.41) is 18.0. The summed E-state index contributed by atoms with van der Waals surface area (Å²) in [5.74, 6) is -0.903. The molecule has 0 aliphatic rings. The van der Waals surface area contributed by atoms with Crippen LogP contribution < -0.4 is 4.74 Å². The van der Waals surface area contributed by atoms with Crippen LogP contribution in [0.4, 0.5) is 0 Å². The molecule has 5 heteroatoms. The first-order chi connectivity index (χ1) is 6.07. The zero-order valence-corrected chi connectivity index (χ0v) is 8.90. The second-order valence-corrected chi connectivity index (χ2v) is 3.36. The molecule has 0 aliphatic heterocycles. The van der Waals surface area contributed by atoms with Crippen LogP contribution in [0.15, 0.2) is 12.1 Å². The molecule has 0 amide bonds. The van der Waals surface area contributed by atoms with Crippen LogP contribution in [0.5, 0.6) is 11.5 Å². The lowest BCUT2D eigenvalue weighted by molar-refractivity contribution is 0.0695. The first-order valence-electron chi connectivity index (χ1n) is 3.36. The topological polar surface area (TPSA) is 66.8 Å². The van der Waals surface area contributed by atoms with Gasteiger partial charge in [0.15, 0.2) is 11.5 Å². The second kappa shape index (κ2) is 3.82. The zero-order valence-electron chi connectivity index (χ0n) is 6.74. The SMILES string of the molecule is COc1c(O)ccc(C(=O)O)c1I. The van der Waals surface area contributed by atoms with Gasteiger partial charge in [0.1, 0.15) is 0 Å². The summed E-state index contributed by atoms with van der Waals surface area (Å²) in [6, 6.07) is 2.63. The summed E-state index contributed by atoms with van der Waals surface area (Å²) in [4.78, 5) is 10.7. The average Bonchev–Trinajstić information content (AvgIpc) is 2.04. The number of carbonyl (C=O) groups is 1. The molecule has 0 atom stereocenters. The van der Waals surface area contributed by atoms with Gasteiger partial charge in [0, 0.05) is 0 Å². The molecule has 0 unspecified atom stereocenters. The highest BCUT2D eigenvalue weighted by molar-refractivity contribution is 14.1. The standard InChI is InChI=1S/C8H7IO4/c1-13-7-5(10)3-2-4(6(7)9)8(11)12/h2-3,10H,1H3,(H,11,12). The first kappa shape index (κ1) is 10.1. The molecule has 13 heavy (non-hydrogen) atoms. The minimum atomic E-state index is -1.04. The second-order valence-electron chi connectivity index (χ2n) is 2.28. The average molecular weight is 294 g/mol. The molecule has 0 bridgehead atoms. The van der Waals surface area contributed by atoms with Gasteiger partial charge in [0.2, 0.25) is 0 Å². The highest BCUT2D eigenvalue weighted by atomic mass is 127. The highest BCUT2D eigenvalue weighted by Crippen LogP contribution is 2.33. The van der Waals surface area contributed by atoms with Crippen molar-refractivity contribution in [3.05, 3.63) is 21.3 Å². The van der Waals surface area contributed by atoms with E-state index in [0.717, 1.165) is 0 Å². The lowest BCUT2D eigenvalue weighted by Crippen LogP contribution is -2.01. The van der Waals surface area contributed by atoms with Gasteiger partial charge in [-0.2, -0.15) is 0 Å². The number of hydrogen-bond donors (Lipinski definition) is 2. The van der Waals surface area contributed by atoms with E-state index >= 15 is 0 Å². The highest BCUT2D eigenvalue weighted by Gasteiger charge is 2.15. The number of phenols is 1. The number of ether oxygens (including phenoxy) is 1. The summed E-state index contributed by atoms with van der Waals surface area (Å²) in [6.45, 7) is 0.